The Morgan fingerprint density at radius 1 is 0.974 bits per heavy atom. The normalized spacial score (nSPS) is 17.2. The molecule has 5 nitrogen and oxygen atoms in total. The standard InChI is InChI=1S/C29H22ClF3N2O3/c1-38-23-11-6-18(7-12-23)17-35-25-13-10-22(30)15-24(25)28(29(31,32)33,34-27(35)37)16-26(36)21-9-8-19-4-2-3-5-20(19)14-21/h2-15H,16-17H2,1H3,(H,34,37). The van der Waals surface area contributed by atoms with Crippen molar-refractivity contribution in [3.8, 4) is 5.75 Å². The van der Waals surface area contributed by atoms with Gasteiger partial charge in [0.05, 0.1) is 19.3 Å². The molecule has 1 aliphatic rings. The number of urea groups is 1. The van der Waals surface area contributed by atoms with E-state index in [1.807, 2.05) is 12.1 Å². The molecule has 0 radical (unpaired) electrons. The van der Waals surface area contributed by atoms with E-state index in [0.717, 1.165) is 10.8 Å². The van der Waals surface area contributed by atoms with Crippen LogP contribution < -0.4 is 15.0 Å². The molecule has 2 amide bonds. The van der Waals surface area contributed by atoms with E-state index < -0.39 is 30.0 Å². The van der Waals surface area contributed by atoms with Gasteiger partial charge in [0.25, 0.3) is 0 Å². The molecule has 0 aromatic heterocycles. The molecule has 5 rings (SSSR count). The van der Waals surface area contributed by atoms with Gasteiger partial charge in [-0.3, -0.25) is 9.69 Å². The number of ether oxygens (including phenoxy) is 1. The molecule has 4 aromatic rings. The summed E-state index contributed by atoms with van der Waals surface area (Å²) in [6.07, 6.45) is -6.02. The summed E-state index contributed by atoms with van der Waals surface area (Å²) in [5.74, 6) is -0.157. The number of methoxy groups -OCH3 is 1. The summed E-state index contributed by atoms with van der Waals surface area (Å²) >= 11 is 6.15. The minimum Gasteiger partial charge on any atom is -0.497 e. The Hall–Kier alpha value is -4.04. The van der Waals surface area contributed by atoms with Gasteiger partial charge in [-0.25, -0.2) is 4.79 Å². The molecule has 0 aliphatic carbocycles. The predicted octanol–water partition coefficient (Wildman–Crippen LogP) is 7.26. The highest BCUT2D eigenvalue weighted by Gasteiger charge is 2.61. The van der Waals surface area contributed by atoms with Crippen molar-refractivity contribution in [1.29, 1.82) is 0 Å². The van der Waals surface area contributed by atoms with Gasteiger partial charge >= 0.3 is 12.2 Å². The van der Waals surface area contributed by atoms with Crippen molar-refractivity contribution < 1.29 is 27.5 Å². The molecular formula is C29H22ClF3N2O3. The van der Waals surface area contributed by atoms with Crippen LogP contribution in [0.25, 0.3) is 10.8 Å². The molecule has 4 aromatic carbocycles. The third kappa shape index (κ3) is 4.56. The minimum atomic E-state index is -5.00. The van der Waals surface area contributed by atoms with Crippen molar-refractivity contribution in [2.24, 2.45) is 0 Å². The summed E-state index contributed by atoms with van der Waals surface area (Å²) in [5, 5.41) is 3.77. The first kappa shape index (κ1) is 25.6. The van der Waals surface area contributed by atoms with Gasteiger partial charge in [-0.05, 0) is 52.7 Å². The van der Waals surface area contributed by atoms with Gasteiger partial charge in [-0.15, -0.1) is 0 Å². The summed E-state index contributed by atoms with van der Waals surface area (Å²) in [6, 6.07) is 21.8. The molecule has 38 heavy (non-hydrogen) atoms. The van der Waals surface area contributed by atoms with Crippen LogP contribution in [0.1, 0.15) is 27.9 Å². The number of alkyl halides is 3. The second kappa shape index (κ2) is 9.68. The maximum absolute atomic E-state index is 14.9. The Labute approximate surface area is 221 Å². The van der Waals surface area contributed by atoms with Crippen LogP contribution in [0.3, 0.4) is 0 Å². The number of hydrogen-bond donors (Lipinski definition) is 1. The topological polar surface area (TPSA) is 58.6 Å². The monoisotopic (exact) mass is 538 g/mol. The number of ketones is 1. The van der Waals surface area contributed by atoms with Crippen LogP contribution in [-0.4, -0.2) is 25.1 Å². The lowest BCUT2D eigenvalue weighted by Crippen LogP contribution is -2.63. The Morgan fingerprint density at radius 2 is 1.68 bits per heavy atom. The van der Waals surface area contributed by atoms with Gasteiger partial charge in [0, 0.05) is 22.6 Å². The first-order valence-electron chi connectivity index (χ1n) is 11.7. The zero-order chi connectivity index (χ0) is 27.1. The number of hydrogen-bond acceptors (Lipinski definition) is 3. The van der Waals surface area contributed by atoms with Gasteiger partial charge in [0.15, 0.2) is 11.3 Å². The van der Waals surface area contributed by atoms with Crippen molar-refractivity contribution >= 4 is 39.9 Å². The van der Waals surface area contributed by atoms with E-state index in [2.05, 4.69) is 5.32 Å². The molecule has 1 aliphatic heterocycles. The van der Waals surface area contributed by atoms with E-state index in [-0.39, 0.29) is 28.4 Å². The molecule has 1 heterocycles. The number of fused-ring (bicyclic) bond motifs is 2. The fourth-order valence-corrected chi connectivity index (χ4v) is 4.92. The van der Waals surface area contributed by atoms with E-state index in [9.17, 15) is 22.8 Å². The van der Waals surface area contributed by atoms with Gasteiger partial charge in [0.2, 0.25) is 0 Å². The number of halogens is 4. The maximum Gasteiger partial charge on any atom is 0.416 e. The van der Waals surface area contributed by atoms with E-state index in [0.29, 0.717) is 11.3 Å². The molecule has 1 atom stereocenters. The zero-order valence-electron chi connectivity index (χ0n) is 20.2. The number of nitrogens with one attached hydrogen (secondary N) is 1. The average Bonchev–Trinajstić information content (AvgIpc) is 2.90. The molecule has 0 spiro atoms. The lowest BCUT2D eigenvalue weighted by Gasteiger charge is -2.44. The van der Waals surface area contributed by atoms with Gasteiger partial charge in [0.1, 0.15) is 5.75 Å². The molecular weight excluding hydrogens is 517 g/mol. The molecule has 9 heteroatoms. The average molecular weight is 539 g/mol. The number of Topliss-reactive ketones (excluding diaryl/α,β-unsaturated/α-hetero) is 1. The fraction of sp³-hybridized carbons (Fsp3) is 0.172. The molecule has 0 bridgehead atoms. The maximum atomic E-state index is 14.9. The minimum absolute atomic E-state index is 0.00296. The van der Waals surface area contributed by atoms with Crippen molar-refractivity contribution in [2.45, 2.75) is 24.7 Å². The summed E-state index contributed by atoms with van der Waals surface area (Å²) < 4.78 is 49.9. The van der Waals surface area contributed by atoms with Gasteiger partial charge < -0.3 is 10.1 Å². The van der Waals surface area contributed by atoms with E-state index in [1.54, 1.807) is 48.5 Å². The van der Waals surface area contributed by atoms with E-state index in [4.69, 9.17) is 16.3 Å². The number of benzene rings is 4. The highest BCUT2D eigenvalue weighted by Crippen LogP contribution is 2.49. The summed E-state index contributed by atoms with van der Waals surface area (Å²) in [4.78, 5) is 27.8. The summed E-state index contributed by atoms with van der Waals surface area (Å²) in [7, 11) is 1.52. The second-order valence-corrected chi connectivity index (χ2v) is 9.53. The Morgan fingerprint density at radius 3 is 2.37 bits per heavy atom. The third-order valence-electron chi connectivity index (χ3n) is 6.76. The number of anilines is 1. The number of carbonyl (C=O) groups excluding carboxylic acids is 2. The molecule has 1 unspecified atom stereocenters. The van der Waals surface area contributed by atoms with Crippen LogP contribution in [0.2, 0.25) is 5.02 Å². The van der Waals surface area contributed by atoms with Crippen LogP contribution in [0.15, 0.2) is 84.9 Å². The van der Waals surface area contributed by atoms with Crippen LogP contribution in [0, 0.1) is 0 Å². The highest BCUT2D eigenvalue weighted by atomic mass is 35.5. The number of nitrogens with zero attached hydrogens (tertiary/aromatic N) is 1. The van der Waals surface area contributed by atoms with Crippen LogP contribution in [0.5, 0.6) is 5.75 Å². The van der Waals surface area contributed by atoms with Crippen molar-refractivity contribution in [2.75, 3.05) is 12.0 Å². The lowest BCUT2D eigenvalue weighted by atomic mass is 9.80. The molecule has 0 fully saturated rings. The van der Waals surface area contributed by atoms with Crippen molar-refractivity contribution in [3.05, 3.63) is 107 Å². The van der Waals surface area contributed by atoms with Crippen LogP contribution in [-0.2, 0) is 12.1 Å². The fourth-order valence-electron chi connectivity index (χ4n) is 4.75. The van der Waals surface area contributed by atoms with E-state index in [1.165, 1.54) is 36.3 Å². The van der Waals surface area contributed by atoms with Crippen LogP contribution >= 0.6 is 11.6 Å². The molecule has 1 N–H and O–H groups in total. The van der Waals surface area contributed by atoms with Crippen LogP contribution in [0.4, 0.5) is 23.7 Å². The number of rotatable bonds is 6. The largest absolute Gasteiger partial charge is 0.497 e. The Balaban J connectivity index is 1.57. The SMILES string of the molecule is COc1ccc(CN2C(=O)NC(CC(=O)c3ccc4ccccc4c3)(C(F)(F)F)c3cc(Cl)ccc32)cc1. The van der Waals surface area contributed by atoms with Crippen molar-refractivity contribution in [3.63, 3.8) is 0 Å². The Bertz CT molecular complexity index is 1540. The number of amides is 2. The quantitative estimate of drug-likeness (QED) is 0.263. The zero-order valence-corrected chi connectivity index (χ0v) is 20.9. The second-order valence-electron chi connectivity index (χ2n) is 9.09. The lowest BCUT2D eigenvalue weighted by molar-refractivity contribution is -0.196. The first-order valence-corrected chi connectivity index (χ1v) is 12.1. The Kier molecular flexibility index (Phi) is 6.53. The first-order chi connectivity index (χ1) is 18.1. The summed E-state index contributed by atoms with van der Waals surface area (Å²) in [6.45, 7) is -0.00296. The predicted molar refractivity (Wildman–Crippen MR) is 140 cm³/mol. The van der Waals surface area contributed by atoms with Crippen molar-refractivity contribution in [1.82, 2.24) is 5.32 Å². The third-order valence-corrected chi connectivity index (χ3v) is 6.99. The summed E-state index contributed by atoms with van der Waals surface area (Å²) in [5.41, 5.74) is -2.44. The number of carbonyl (C=O) groups is 2. The molecule has 0 saturated carbocycles. The van der Waals surface area contributed by atoms with Gasteiger partial charge in [-0.2, -0.15) is 13.2 Å². The molecule has 194 valence electrons. The van der Waals surface area contributed by atoms with E-state index >= 15 is 0 Å². The highest BCUT2D eigenvalue weighted by molar-refractivity contribution is 6.30. The van der Waals surface area contributed by atoms with Gasteiger partial charge in [-0.1, -0.05) is 60.1 Å². The molecule has 0 saturated heterocycles. The smallest absolute Gasteiger partial charge is 0.416 e.